The Kier molecular flexibility index (Phi) is 2.78. The second-order valence-corrected chi connectivity index (χ2v) is 4.36. The molecule has 18 heavy (non-hydrogen) atoms. The van der Waals surface area contributed by atoms with E-state index in [1.807, 2.05) is 0 Å². The first-order chi connectivity index (χ1) is 8.13. The predicted molar refractivity (Wildman–Crippen MR) is 56.6 cm³/mol. The monoisotopic (exact) mass is 282 g/mol. The molecule has 0 radical (unpaired) electrons. The van der Waals surface area contributed by atoms with Crippen molar-refractivity contribution in [1.82, 2.24) is 4.98 Å². The Morgan fingerprint density at radius 1 is 1.33 bits per heavy atom. The molecular weight excluding hydrogens is 276 g/mol. The molecule has 0 spiro atoms. The van der Waals surface area contributed by atoms with Crippen molar-refractivity contribution >= 4 is 22.7 Å². The predicted octanol–water partition coefficient (Wildman–Crippen LogP) is 3.36. The smallest absolute Gasteiger partial charge is 0.415 e. The molecule has 1 unspecified atom stereocenters. The molecular formula is C10H7ClF4N2O. The SMILES string of the molecule is CC(N)(c1nc2cc(Cl)c(F)cc2o1)C(F)(F)F. The molecule has 3 nitrogen and oxygen atoms in total. The molecule has 8 heteroatoms. The zero-order chi connectivity index (χ0) is 13.7. The van der Waals surface area contributed by atoms with Crippen LogP contribution in [0, 0.1) is 5.82 Å². The van der Waals surface area contributed by atoms with Crippen LogP contribution < -0.4 is 5.73 Å². The van der Waals surface area contributed by atoms with E-state index in [2.05, 4.69) is 4.98 Å². The van der Waals surface area contributed by atoms with Gasteiger partial charge in [0.15, 0.2) is 11.1 Å². The van der Waals surface area contributed by atoms with Crippen molar-refractivity contribution in [1.29, 1.82) is 0 Å². The van der Waals surface area contributed by atoms with E-state index >= 15 is 0 Å². The van der Waals surface area contributed by atoms with E-state index in [4.69, 9.17) is 21.8 Å². The third-order valence-corrected chi connectivity index (χ3v) is 2.75. The standard InChI is InChI=1S/C10H7ClF4N2O/c1-9(16,10(13,14)15)8-17-6-2-4(11)5(12)3-7(6)18-8/h2-3H,16H2,1H3. The van der Waals surface area contributed by atoms with Crippen LogP contribution in [-0.4, -0.2) is 11.2 Å². The lowest BCUT2D eigenvalue weighted by molar-refractivity contribution is -0.189. The zero-order valence-electron chi connectivity index (χ0n) is 8.98. The van der Waals surface area contributed by atoms with Crippen LogP contribution in [0.25, 0.3) is 11.1 Å². The van der Waals surface area contributed by atoms with Crippen LogP contribution in [0.2, 0.25) is 5.02 Å². The molecule has 0 aliphatic heterocycles. The number of nitrogens with two attached hydrogens (primary N) is 1. The van der Waals surface area contributed by atoms with Crippen LogP contribution in [0.3, 0.4) is 0 Å². The highest BCUT2D eigenvalue weighted by Crippen LogP contribution is 2.37. The number of fused-ring (bicyclic) bond motifs is 1. The maximum atomic E-state index is 13.1. The average Bonchev–Trinajstić information content (AvgIpc) is 2.60. The molecule has 0 aliphatic rings. The minimum absolute atomic E-state index is 0.0114. The van der Waals surface area contributed by atoms with Gasteiger partial charge in [0.2, 0.25) is 5.89 Å². The van der Waals surface area contributed by atoms with Gasteiger partial charge in [-0.25, -0.2) is 9.37 Å². The minimum Gasteiger partial charge on any atom is -0.438 e. The van der Waals surface area contributed by atoms with E-state index in [9.17, 15) is 17.6 Å². The van der Waals surface area contributed by atoms with Gasteiger partial charge in [0.05, 0.1) is 5.02 Å². The maximum Gasteiger partial charge on any atom is 0.415 e. The Hall–Kier alpha value is -1.34. The summed E-state index contributed by atoms with van der Waals surface area (Å²) in [6.07, 6.45) is -4.74. The summed E-state index contributed by atoms with van der Waals surface area (Å²) in [5.74, 6) is -1.55. The van der Waals surface area contributed by atoms with Gasteiger partial charge in [0.1, 0.15) is 11.3 Å². The summed E-state index contributed by atoms with van der Waals surface area (Å²) >= 11 is 5.49. The quantitative estimate of drug-likeness (QED) is 0.816. The fourth-order valence-corrected chi connectivity index (χ4v) is 1.42. The molecule has 98 valence electrons. The van der Waals surface area contributed by atoms with Gasteiger partial charge in [-0.2, -0.15) is 13.2 Å². The van der Waals surface area contributed by atoms with Crippen molar-refractivity contribution in [3.8, 4) is 0 Å². The summed E-state index contributed by atoms with van der Waals surface area (Å²) in [5, 5.41) is -0.256. The highest BCUT2D eigenvalue weighted by molar-refractivity contribution is 6.31. The molecule has 2 rings (SSSR count). The molecule has 2 aromatic rings. The lowest BCUT2D eigenvalue weighted by Gasteiger charge is -2.23. The lowest BCUT2D eigenvalue weighted by atomic mass is 10.0. The fourth-order valence-electron chi connectivity index (χ4n) is 1.27. The Morgan fingerprint density at radius 2 is 1.94 bits per heavy atom. The van der Waals surface area contributed by atoms with Crippen LogP contribution in [0.4, 0.5) is 17.6 Å². The molecule has 2 N–H and O–H groups in total. The normalized spacial score (nSPS) is 15.9. The number of alkyl halides is 3. The molecule has 1 atom stereocenters. The highest BCUT2D eigenvalue weighted by atomic mass is 35.5. The number of hydrogen-bond acceptors (Lipinski definition) is 3. The Bertz CT molecular complexity index is 567. The van der Waals surface area contributed by atoms with Crippen molar-refractivity contribution in [2.24, 2.45) is 5.73 Å². The van der Waals surface area contributed by atoms with Gasteiger partial charge in [-0.3, -0.25) is 0 Å². The summed E-state index contributed by atoms with van der Waals surface area (Å²) in [7, 11) is 0. The second kappa shape index (κ2) is 3.83. The summed E-state index contributed by atoms with van der Waals surface area (Å²) in [4.78, 5) is 3.59. The Balaban J connectivity index is 2.61. The van der Waals surface area contributed by atoms with Gasteiger partial charge in [-0.05, 0) is 13.0 Å². The van der Waals surface area contributed by atoms with Crippen molar-refractivity contribution < 1.29 is 22.0 Å². The number of benzene rings is 1. The fraction of sp³-hybridized carbons (Fsp3) is 0.300. The van der Waals surface area contributed by atoms with E-state index < -0.39 is 23.4 Å². The van der Waals surface area contributed by atoms with Crippen molar-refractivity contribution in [3.05, 3.63) is 28.9 Å². The van der Waals surface area contributed by atoms with Crippen LogP contribution in [0.1, 0.15) is 12.8 Å². The van der Waals surface area contributed by atoms with Gasteiger partial charge in [-0.15, -0.1) is 0 Å². The van der Waals surface area contributed by atoms with Gasteiger partial charge in [0.25, 0.3) is 0 Å². The summed E-state index contributed by atoms with van der Waals surface area (Å²) in [6, 6.07) is 1.94. The summed E-state index contributed by atoms with van der Waals surface area (Å²) < 4.78 is 56.0. The largest absolute Gasteiger partial charge is 0.438 e. The van der Waals surface area contributed by atoms with E-state index in [-0.39, 0.29) is 16.1 Å². The molecule has 0 saturated carbocycles. The summed E-state index contributed by atoms with van der Waals surface area (Å²) in [5.41, 5.74) is 2.26. The molecule has 1 aromatic carbocycles. The molecule has 0 saturated heterocycles. The minimum atomic E-state index is -4.74. The first kappa shape index (κ1) is 13.1. The number of halogens is 5. The van der Waals surface area contributed by atoms with Gasteiger partial charge < -0.3 is 10.2 Å². The van der Waals surface area contributed by atoms with E-state index in [1.165, 1.54) is 0 Å². The number of aromatic nitrogens is 1. The van der Waals surface area contributed by atoms with Gasteiger partial charge >= 0.3 is 6.18 Å². The van der Waals surface area contributed by atoms with E-state index in [1.54, 1.807) is 0 Å². The van der Waals surface area contributed by atoms with Crippen molar-refractivity contribution in [3.63, 3.8) is 0 Å². The molecule has 0 fully saturated rings. The van der Waals surface area contributed by atoms with E-state index in [0.717, 1.165) is 19.1 Å². The molecule has 0 amide bonds. The first-order valence-corrected chi connectivity index (χ1v) is 5.12. The molecule has 0 bridgehead atoms. The highest BCUT2D eigenvalue weighted by Gasteiger charge is 2.53. The Morgan fingerprint density at radius 3 is 2.50 bits per heavy atom. The van der Waals surface area contributed by atoms with Crippen molar-refractivity contribution in [2.75, 3.05) is 0 Å². The summed E-state index contributed by atoms with van der Waals surface area (Å²) in [6.45, 7) is 0.718. The maximum absolute atomic E-state index is 13.1. The van der Waals surface area contributed by atoms with Crippen LogP contribution in [-0.2, 0) is 5.54 Å². The van der Waals surface area contributed by atoms with Gasteiger partial charge in [0, 0.05) is 6.07 Å². The second-order valence-electron chi connectivity index (χ2n) is 3.95. The van der Waals surface area contributed by atoms with Crippen LogP contribution >= 0.6 is 11.6 Å². The third-order valence-electron chi connectivity index (χ3n) is 2.46. The van der Waals surface area contributed by atoms with Gasteiger partial charge in [-0.1, -0.05) is 11.6 Å². The third kappa shape index (κ3) is 1.93. The Labute approximate surface area is 104 Å². The molecule has 1 heterocycles. The topological polar surface area (TPSA) is 52.0 Å². The molecule has 0 aliphatic carbocycles. The van der Waals surface area contributed by atoms with Crippen LogP contribution in [0.15, 0.2) is 16.5 Å². The number of hydrogen-bond donors (Lipinski definition) is 1. The number of rotatable bonds is 1. The zero-order valence-corrected chi connectivity index (χ0v) is 9.73. The van der Waals surface area contributed by atoms with E-state index in [0.29, 0.717) is 0 Å². The number of oxazole rings is 1. The first-order valence-electron chi connectivity index (χ1n) is 4.74. The average molecular weight is 283 g/mol. The van der Waals surface area contributed by atoms with Crippen LogP contribution in [0.5, 0.6) is 0 Å². The lowest BCUT2D eigenvalue weighted by Crippen LogP contribution is -2.47. The van der Waals surface area contributed by atoms with Crippen molar-refractivity contribution in [2.45, 2.75) is 18.6 Å². The number of nitrogens with zero attached hydrogens (tertiary/aromatic N) is 1. The molecule has 1 aromatic heterocycles.